The summed E-state index contributed by atoms with van der Waals surface area (Å²) in [4.78, 5) is 13.8. The second kappa shape index (κ2) is 5.88. The van der Waals surface area contributed by atoms with Crippen molar-refractivity contribution in [3.05, 3.63) is 12.7 Å². The highest BCUT2D eigenvalue weighted by molar-refractivity contribution is 5.82. The SMILES string of the molecule is C=CCN1CC(C)CNC(=O)C1CCO. The Bertz CT molecular complexity index is 231. The third-order valence-corrected chi connectivity index (χ3v) is 2.68. The molecule has 1 heterocycles. The number of aliphatic hydroxyl groups excluding tert-OH is 1. The zero-order valence-corrected chi connectivity index (χ0v) is 9.28. The number of carbonyl (C=O) groups is 1. The molecule has 0 aromatic rings. The fourth-order valence-corrected chi connectivity index (χ4v) is 1.95. The molecule has 4 heteroatoms. The summed E-state index contributed by atoms with van der Waals surface area (Å²) in [5, 5.41) is 11.8. The van der Waals surface area contributed by atoms with Gasteiger partial charge in [-0.15, -0.1) is 6.58 Å². The predicted octanol–water partition coefficient (Wildman–Crippen LogP) is -0.00870. The molecule has 2 N–H and O–H groups in total. The van der Waals surface area contributed by atoms with E-state index in [1.54, 1.807) is 6.08 Å². The summed E-state index contributed by atoms with van der Waals surface area (Å²) in [6, 6.07) is -0.210. The van der Waals surface area contributed by atoms with Crippen molar-refractivity contribution < 1.29 is 9.90 Å². The molecule has 2 unspecified atom stereocenters. The highest BCUT2D eigenvalue weighted by Crippen LogP contribution is 2.12. The van der Waals surface area contributed by atoms with Crippen molar-refractivity contribution in [3.63, 3.8) is 0 Å². The van der Waals surface area contributed by atoms with E-state index in [1.165, 1.54) is 0 Å². The number of aliphatic hydroxyl groups is 1. The van der Waals surface area contributed by atoms with Crippen molar-refractivity contribution in [2.24, 2.45) is 5.92 Å². The van der Waals surface area contributed by atoms with Gasteiger partial charge in [0.05, 0.1) is 6.04 Å². The van der Waals surface area contributed by atoms with E-state index < -0.39 is 0 Å². The molecule has 1 fully saturated rings. The maximum Gasteiger partial charge on any atom is 0.237 e. The minimum Gasteiger partial charge on any atom is -0.396 e. The van der Waals surface area contributed by atoms with Crippen molar-refractivity contribution >= 4 is 5.91 Å². The Morgan fingerprint density at radius 1 is 1.73 bits per heavy atom. The number of nitrogens with one attached hydrogen (secondary N) is 1. The van der Waals surface area contributed by atoms with Crippen LogP contribution in [-0.2, 0) is 4.79 Å². The number of hydrogen-bond acceptors (Lipinski definition) is 3. The minimum absolute atomic E-state index is 0.0234. The molecule has 2 atom stereocenters. The second-order valence-corrected chi connectivity index (χ2v) is 4.12. The van der Waals surface area contributed by atoms with Crippen molar-refractivity contribution in [2.75, 3.05) is 26.2 Å². The van der Waals surface area contributed by atoms with Crippen LogP contribution in [0.25, 0.3) is 0 Å². The highest BCUT2D eigenvalue weighted by atomic mass is 16.3. The van der Waals surface area contributed by atoms with Crippen LogP contribution in [0.4, 0.5) is 0 Å². The first-order chi connectivity index (χ1) is 7.19. The Morgan fingerprint density at radius 2 is 2.47 bits per heavy atom. The van der Waals surface area contributed by atoms with Crippen LogP contribution in [0.3, 0.4) is 0 Å². The van der Waals surface area contributed by atoms with Gasteiger partial charge in [0.15, 0.2) is 0 Å². The van der Waals surface area contributed by atoms with Gasteiger partial charge >= 0.3 is 0 Å². The van der Waals surface area contributed by atoms with Gasteiger partial charge in [0.25, 0.3) is 0 Å². The standard InChI is InChI=1S/C11H20N2O2/c1-3-5-13-8-9(2)7-12-11(15)10(13)4-6-14/h3,9-10,14H,1,4-8H2,2H3,(H,12,15). The maximum atomic E-state index is 11.7. The van der Waals surface area contributed by atoms with Crippen LogP contribution in [0.5, 0.6) is 0 Å². The molecule has 1 aliphatic rings. The van der Waals surface area contributed by atoms with Gasteiger partial charge in [0.1, 0.15) is 0 Å². The van der Waals surface area contributed by atoms with Crippen molar-refractivity contribution in [1.29, 1.82) is 0 Å². The lowest BCUT2D eigenvalue weighted by molar-refractivity contribution is -0.125. The molecule has 86 valence electrons. The van der Waals surface area contributed by atoms with Gasteiger partial charge in [-0.25, -0.2) is 0 Å². The fraction of sp³-hybridized carbons (Fsp3) is 0.727. The number of carbonyl (C=O) groups excluding carboxylic acids is 1. The molecule has 4 nitrogen and oxygen atoms in total. The van der Waals surface area contributed by atoms with E-state index in [-0.39, 0.29) is 18.6 Å². The average Bonchev–Trinajstić information content (AvgIpc) is 2.33. The van der Waals surface area contributed by atoms with Crippen molar-refractivity contribution in [1.82, 2.24) is 10.2 Å². The first-order valence-electron chi connectivity index (χ1n) is 5.42. The van der Waals surface area contributed by atoms with Gasteiger partial charge in [-0.3, -0.25) is 9.69 Å². The molecule has 0 saturated carbocycles. The van der Waals surface area contributed by atoms with E-state index >= 15 is 0 Å². The normalized spacial score (nSPS) is 28.3. The molecule has 1 amide bonds. The van der Waals surface area contributed by atoms with Gasteiger partial charge in [-0.2, -0.15) is 0 Å². The van der Waals surface area contributed by atoms with Gasteiger partial charge in [0.2, 0.25) is 5.91 Å². The fourth-order valence-electron chi connectivity index (χ4n) is 1.95. The summed E-state index contributed by atoms with van der Waals surface area (Å²) in [6.07, 6.45) is 2.29. The van der Waals surface area contributed by atoms with Gasteiger partial charge in [-0.1, -0.05) is 13.0 Å². The first-order valence-corrected chi connectivity index (χ1v) is 5.42. The quantitative estimate of drug-likeness (QED) is 0.645. The van der Waals surface area contributed by atoms with Gasteiger partial charge in [0, 0.05) is 26.2 Å². The monoisotopic (exact) mass is 212 g/mol. The lowest BCUT2D eigenvalue weighted by Gasteiger charge is -2.27. The number of rotatable bonds is 4. The summed E-state index contributed by atoms with van der Waals surface area (Å²) in [7, 11) is 0. The molecule has 1 rings (SSSR count). The van der Waals surface area contributed by atoms with Crippen molar-refractivity contribution in [2.45, 2.75) is 19.4 Å². The van der Waals surface area contributed by atoms with Crippen molar-refractivity contribution in [3.8, 4) is 0 Å². The third-order valence-electron chi connectivity index (χ3n) is 2.68. The maximum absolute atomic E-state index is 11.7. The van der Waals surface area contributed by atoms with E-state index in [9.17, 15) is 4.79 Å². The molecule has 0 bridgehead atoms. The van der Waals surface area contributed by atoms with Crippen LogP contribution in [0.2, 0.25) is 0 Å². The zero-order valence-electron chi connectivity index (χ0n) is 9.28. The van der Waals surface area contributed by atoms with E-state index in [0.29, 0.717) is 25.4 Å². The number of nitrogens with zero attached hydrogens (tertiary/aromatic N) is 1. The summed E-state index contributed by atoms with van der Waals surface area (Å²) in [5.41, 5.74) is 0. The topological polar surface area (TPSA) is 52.6 Å². The first kappa shape index (κ1) is 12.2. The Morgan fingerprint density at radius 3 is 3.07 bits per heavy atom. The van der Waals surface area contributed by atoms with E-state index in [0.717, 1.165) is 6.54 Å². The van der Waals surface area contributed by atoms with Crippen LogP contribution in [-0.4, -0.2) is 48.2 Å². The van der Waals surface area contributed by atoms with E-state index in [4.69, 9.17) is 5.11 Å². The molecule has 0 aromatic carbocycles. The highest BCUT2D eigenvalue weighted by Gasteiger charge is 2.28. The largest absolute Gasteiger partial charge is 0.396 e. The Kier molecular flexibility index (Phi) is 4.78. The smallest absolute Gasteiger partial charge is 0.237 e. The average molecular weight is 212 g/mol. The summed E-state index contributed by atoms with van der Waals surface area (Å²) < 4.78 is 0. The van der Waals surface area contributed by atoms with E-state index in [2.05, 4.69) is 23.7 Å². The molecule has 0 radical (unpaired) electrons. The molecular weight excluding hydrogens is 192 g/mol. The van der Waals surface area contributed by atoms with Crippen LogP contribution >= 0.6 is 0 Å². The third kappa shape index (κ3) is 3.32. The molecule has 0 aromatic heterocycles. The predicted molar refractivity (Wildman–Crippen MR) is 59.4 cm³/mol. The Balaban J connectivity index is 2.72. The molecule has 1 saturated heterocycles. The zero-order chi connectivity index (χ0) is 11.3. The molecular formula is C11H20N2O2. The molecule has 15 heavy (non-hydrogen) atoms. The van der Waals surface area contributed by atoms with Gasteiger partial charge in [-0.05, 0) is 12.3 Å². The molecule has 0 spiro atoms. The van der Waals surface area contributed by atoms with Crippen LogP contribution in [0.15, 0.2) is 12.7 Å². The molecule has 1 aliphatic heterocycles. The Hall–Kier alpha value is -0.870. The van der Waals surface area contributed by atoms with Crippen LogP contribution in [0.1, 0.15) is 13.3 Å². The summed E-state index contributed by atoms with van der Waals surface area (Å²) >= 11 is 0. The van der Waals surface area contributed by atoms with Gasteiger partial charge < -0.3 is 10.4 Å². The summed E-state index contributed by atoms with van der Waals surface area (Å²) in [6.45, 7) is 8.13. The Labute approximate surface area is 91.0 Å². The van der Waals surface area contributed by atoms with Crippen LogP contribution in [0, 0.1) is 5.92 Å². The van der Waals surface area contributed by atoms with Crippen LogP contribution < -0.4 is 5.32 Å². The van der Waals surface area contributed by atoms with E-state index in [1.807, 2.05) is 0 Å². The minimum atomic E-state index is -0.210. The lowest BCUT2D eigenvalue weighted by atomic mass is 10.1. The number of hydrogen-bond donors (Lipinski definition) is 2. The molecule has 0 aliphatic carbocycles. The number of amides is 1. The lowest BCUT2D eigenvalue weighted by Crippen LogP contribution is -2.44. The summed E-state index contributed by atoms with van der Waals surface area (Å²) in [5.74, 6) is 0.466. The second-order valence-electron chi connectivity index (χ2n) is 4.12.